The molecule has 6 heteroatoms. The number of benzene rings is 2. The zero-order valence-corrected chi connectivity index (χ0v) is 10.8. The number of anilines is 2. The maximum atomic E-state index is 13.5. The van der Waals surface area contributed by atoms with Crippen molar-refractivity contribution in [3.05, 3.63) is 58.4 Å². The smallest absolute Gasteiger partial charge is 0.338 e. The standard InChI is InChI=1S/C14H8ClFN2O2/c15-11-5-8(7-17)1-4-13(11)18-9-2-3-10(14(19)20)12(16)6-9/h1-6,18H,(H,19,20). The lowest BCUT2D eigenvalue weighted by atomic mass is 10.1. The lowest BCUT2D eigenvalue weighted by Gasteiger charge is -2.09. The number of hydrogen-bond donors (Lipinski definition) is 2. The van der Waals surface area contributed by atoms with Crippen molar-refractivity contribution in [1.82, 2.24) is 0 Å². The highest BCUT2D eigenvalue weighted by Gasteiger charge is 2.11. The Kier molecular flexibility index (Phi) is 3.87. The molecule has 2 aromatic rings. The first-order chi connectivity index (χ1) is 9.51. The molecule has 0 saturated heterocycles. The first kappa shape index (κ1) is 13.8. The highest BCUT2D eigenvalue weighted by Crippen LogP contribution is 2.27. The monoisotopic (exact) mass is 290 g/mol. The molecule has 0 aliphatic rings. The van der Waals surface area contributed by atoms with Crippen LogP contribution in [0.5, 0.6) is 0 Å². The fourth-order valence-corrected chi connectivity index (χ4v) is 1.84. The Labute approximate surface area is 119 Å². The molecule has 0 aliphatic carbocycles. The van der Waals surface area contributed by atoms with Crippen LogP contribution in [0.15, 0.2) is 36.4 Å². The molecule has 0 radical (unpaired) electrons. The van der Waals surface area contributed by atoms with Crippen LogP contribution >= 0.6 is 11.6 Å². The van der Waals surface area contributed by atoms with Crippen molar-refractivity contribution in [1.29, 1.82) is 5.26 Å². The molecule has 0 aromatic heterocycles. The van der Waals surface area contributed by atoms with Gasteiger partial charge in [-0.1, -0.05) is 11.6 Å². The molecule has 2 aromatic carbocycles. The molecule has 2 N–H and O–H groups in total. The number of carboxylic acid groups (broad SMARTS) is 1. The summed E-state index contributed by atoms with van der Waals surface area (Å²) in [5.74, 6) is -2.17. The SMILES string of the molecule is N#Cc1ccc(Nc2ccc(C(=O)O)c(F)c2)c(Cl)c1. The van der Waals surface area contributed by atoms with Crippen molar-refractivity contribution < 1.29 is 14.3 Å². The molecule has 4 nitrogen and oxygen atoms in total. The Hall–Kier alpha value is -2.58. The summed E-state index contributed by atoms with van der Waals surface area (Å²) in [6, 6.07) is 10.2. The number of carbonyl (C=O) groups is 1. The fraction of sp³-hybridized carbons (Fsp3) is 0. The fourth-order valence-electron chi connectivity index (χ4n) is 1.61. The minimum absolute atomic E-state index is 0.312. The average Bonchev–Trinajstić information content (AvgIpc) is 2.40. The number of rotatable bonds is 3. The topological polar surface area (TPSA) is 73.1 Å². The second-order valence-corrected chi connectivity index (χ2v) is 4.34. The van der Waals surface area contributed by atoms with E-state index in [1.807, 2.05) is 6.07 Å². The second kappa shape index (κ2) is 5.59. The van der Waals surface area contributed by atoms with Crippen molar-refractivity contribution in [3.63, 3.8) is 0 Å². The Bertz CT molecular complexity index is 726. The second-order valence-electron chi connectivity index (χ2n) is 3.93. The molecule has 0 fully saturated rings. The number of hydrogen-bond acceptors (Lipinski definition) is 3. The Morgan fingerprint density at radius 1 is 1.30 bits per heavy atom. The van der Waals surface area contributed by atoms with E-state index in [0.29, 0.717) is 22.0 Å². The minimum Gasteiger partial charge on any atom is -0.478 e. The van der Waals surface area contributed by atoms with Crippen molar-refractivity contribution in [2.24, 2.45) is 0 Å². The van der Waals surface area contributed by atoms with E-state index in [9.17, 15) is 9.18 Å². The number of nitrogens with zero attached hydrogens (tertiary/aromatic N) is 1. The third kappa shape index (κ3) is 2.87. The summed E-state index contributed by atoms with van der Waals surface area (Å²) in [6.07, 6.45) is 0. The first-order valence-corrected chi connectivity index (χ1v) is 5.88. The summed E-state index contributed by atoms with van der Waals surface area (Å²) >= 11 is 5.98. The maximum absolute atomic E-state index is 13.5. The van der Waals surface area contributed by atoms with Gasteiger partial charge < -0.3 is 10.4 Å². The molecule has 2 rings (SSSR count). The van der Waals surface area contributed by atoms with Crippen LogP contribution in [0.1, 0.15) is 15.9 Å². The van der Waals surface area contributed by atoms with Gasteiger partial charge in [0.2, 0.25) is 0 Å². The van der Waals surface area contributed by atoms with E-state index in [4.69, 9.17) is 22.0 Å². The number of aromatic carboxylic acids is 1. The Morgan fingerprint density at radius 3 is 2.60 bits per heavy atom. The normalized spacial score (nSPS) is 9.85. The van der Waals surface area contributed by atoms with Crippen LogP contribution in [0.3, 0.4) is 0 Å². The van der Waals surface area contributed by atoms with Gasteiger partial charge in [0.15, 0.2) is 0 Å². The molecule has 0 aliphatic heterocycles. The van der Waals surface area contributed by atoms with Gasteiger partial charge in [-0.3, -0.25) is 0 Å². The molecule has 100 valence electrons. The van der Waals surface area contributed by atoms with Gasteiger partial charge in [0.25, 0.3) is 0 Å². The van der Waals surface area contributed by atoms with E-state index >= 15 is 0 Å². The van der Waals surface area contributed by atoms with Crippen LogP contribution < -0.4 is 5.32 Å². The van der Waals surface area contributed by atoms with Crippen molar-refractivity contribution in [2.45, 2.75) is 0 Å². The number of halogens is 2. The summed E-state index contributed by atoms with van der Waals surface area (Å²) < 4.78 is 13.5. The minimum atomic E-state index is -1.33. The predicted molar refractivity (Wildman–Crippen MR) is 72.8 cm³/mol. The zero-order chi connectivity index (χ0) is 14.7. The summed E-state index contributed by atoms with van der Waals surface area (Å²) in [7, 11) is 0. The van der Waals surface area contributed by atoms with Crippen LogP contribution in [0, 0.1) is 17.1 Å². The van der Waals surface area contributed by atoms with Gasteiger partial charge in [0.05, 0.1) is 27.9 Å². The zero-order valence-electron chi connectivity index (χ0n) is 10.0. The van der Waals surface area contributed by atoms with E-state index in [2.05, 4.69) is 5.32 Å². The van der Waals surface area contributed by atoms with Crippen molar-refractivity contribution in [2.75, 3.05) is 5.32 Å². The molecular formula is C14H8ClFN2O2. The molecule has 0 atom stereocenters. The van der Waals surface area contributed by atoms with Gasteiger partial charge in [-0.15, -0.1) is 0 Å². The van der Waals surface area contributed by atoms with E-state index in [0.717, 1.165) is 12.1 Å². The van der Waals surface area contributed by atoms with Crippen molar-refractivity contribution in [3.8, 4) is 6.07 Å². The quantitative estimate of drug-likeness (QED) is 0.902. The lowest BCUT2D eigenvalue weighted by molar-refractivity contribution is 0.0692. The van der Waals surface area contributed by atoms with E-state index in [1.54, 1.807) is 12.1 Å². The Morgan fingerprint density at radius 2 is 2.05 bits per heavy atom. The van der Waals surface area contributed by atoms with Gasteiger partial charge in [0, 0.05) is 5.69 Å². The van der Waals surface area contributed by atoms with Gasteiger partial charge in [0.1, 0.15) is 5.82 Å². The summed E-state index contributed by atoms with van der Waals surface area (Å²) in [5, 5.41) is 20.6. The third-order valence-corrected chi connectivity index (χ3v) is 2.89. The number of nitriles is 1. The van der Waals surface area contributed by atoms with Crippen LogP contribution in [0.25, 0.3) is 0 Å². The van der Waals surface area contributed by atoms with E-state index in [1.165, 1.54) is 12.1 Å². The summed E-state index contributed by atoms with van der Waals surface area (Å²) in [4.78, 5) is 10.7. The highest BCUT2D eigenvalue weighted by atomic mass is 35.5. The number of nitrogens with one attached hydrogen (secondary N) is 1. The Balaban J connectivity index is 2.29. The first-order valence-electron chi connectivity index (χ1n) is 5.51. The van der Waals surface area contributed by atoms with Crippen LogP contribution in [0.4, 0.5) is 15.8 Å². The van der Waals surface area contributed by atoms with Crippen molar-refractivity contribution >= 4 is 28.9 Å². The van der Waals surface area contributed by atoms with Gasteiger partial charge in [-0.2, -0.15) is 5.26 Å². The molecule has 0 bridgehead atoms. The van der Waals surface area contributed by atoms with Crippen LogP contribution in [-0.4, -0.2) is 11.1 Å². The summed E-state index contributed by atoms with van der Waals surface area (Å²) in [6.45, 7) is 0. The largest absolute Gasteiger partial charge is 0.478 e. The highest BCUT2D eigenvalue weighted by molar-refractivity contribution is 6.33. The molecule has 0 unspecified atom stereocenters. The molecule has 20 heavy (non-hydrogen) atoms. The third-order valence-electron chi connectivity index (χ3n) is 2.58. The molecule has 0 heterocycles. The predicted octanol–water partition coefficient (Wildman–Crippen LogP) is 3.79. The maximum Gasteiger partial charge on any atom is 0.338 e. The van der Waals surface area contributed by atoms with Gasteiger partial charge in [-0.25, -0.2) is 9.18 Å². The average molecular weight is 291 g/mol. The van der Waals surface area contributed by atoms with Crippen LogP contribution in [-0.2, 0) is 0 Å². The van der Waals surface area contributed by atoms with Crippen LogP contribution in [0.2, 0.25) is 5.02 Å². The van der Waals surface area contributed by atoms with Gasteiger partial charge in [-0.05, 0) is 36.4 Å². The number of carboxylic acids is 1. The molecular weight excluding hydrogens is 283 g/mol. The molecule has 0 amide bonds. The molecule has 0 saturated carbocycles. The van der Waals surface area contributed by atoms with E-state index in [-0.39, 0.29) is 0 Å². The summed E-state index contributed by atoms with van der Waals surface area (Å²) in [5.41, 5.74) is 0.863. The van der Waals surface area contributed by atoms with Gasteiger partial charge >= 0.3 is 5.97 Å². The lowest BCUT2D eigenvalue weighted by Crippen LogP contribution is -2.01. The molecule has 0 spiro atoms. The van der Waals surface area contributed by atoms with E-state index < -0.39 is 17.3 Å².